The minimum absolute atomic E-state index is 0.137. The first-order valence-electron chi connectivity index (χ1n) is 10.6. The second-order valence-corrected chi connectivity index (χ2v) is 7.61. The maximum atomic E-state index is 11.3. The molecule has 0 saturated carbocycles. The summed E-state index contributed by atoms with van der Waals surface area (Å²) in [4.78, 5) is 33.5. The molecule has 0 radical (unpaired) electrons. The van der Waals surface area contributed by atoms with E-state index in [-0.39, 0.29) is 6.42 Å². The van der Waals surface area contributed by atoms with Gasteiger partial charge in [-0.2, -0.15) is 0 Å². The van der Waals surface area contributed by atoms with Crippen LogP contribution in [0.25, 0.3) is 0 Å². The summed E-state index contributed by atoms with van der Waals surface area (Å²) in [6.07, 6.45) is 15.0. The Labute approximate surface area is 163 Å². The third-order valence-corrected chi connectivity index (χ3v) is 5.23. The van der Waals surface area contributed by atoms with Crippen LogP contribution in [-0.4, -0.2) is 33.2 Å². The molecule has 0 spiro atoms. The van der Waals surface area contributed by atoms with Crippen LogP contribution in [0.1, 0.15) is 110 Å². The van der Waals surface area contributed by atoms with Crippen LogP contribution in [0.3, 0.4) is 0 Å². The lowest BCUT2D eigenvalue weighted by Gasteiger charge is -2.22. The molecule has 0 heterocycles. The summed E-state index contributed by atoms with van der Waals surface area (Å²) < 4.78 is 0. The fourth-order valence-corrected chi connectivity index (χ4v) is 3.42. The molecule has 6 nitrogen and oxygen atoms in total. The average molecular weight is 387 g/mol. The van der Waals surface area contributed by atoms with Crippen molar-refractivity contribution in [1.82, 2.24) is 0 Å². The van der Waals surface area contributed by atoms with Gasteiger partial charge in [0.1, 0.15) is 0 Å². The Morgan fingerprint density at radius 3 is 1.22 bits per heavy atom. The highest BCUT2D eigenvalue weighted by molar-refractivity contribution is 6.01. The largest absolute Gasteiger partial charge is 0.481 e. The Morgan fingerprint density at radius 1 is 0.593 bits per heavy atom. The van der Waals surface area contributed by atoms with Crippen LogP contribution >= 0.6 is 0 Å². The SMILES string of the molecule is CCCCCCCCCCCCCCCCC(CC(=O)O)(C(=O)O)C(=O)O. The van der Waals surface area contributed by atoms with Gasteiger partial charge in [-0.25, -0.2) is 0 Å². The summed E-state index contributed by atoms with van der Waals surface area (Å²) in [6, 6.07) is 0. The topological polar surface area (TPSA) is 112 Å². The monoisotopic (exact) mass is 386 g/mol. The molecule has 0 aliphatic rings. The second-order valence-electron chi connectivity index (χ2n) is 7.61. The molecule has 0 aromatic rings. The molecule has 0 aliphatic heterocycles. The molecule has 0 bridgehead atoms. The lowest BCUT2D eigenvalue weighted by Crippen LogP contribution is -2.41. The second kappa shape index (κ2) is 15.5. The number of hydrogen-bond donors (Lipinski definition) is 3. The van der Waals surface area contributed by atoms with E-state index in [9.17, 15) is 24.6 Å². The highest BCUT2D eigenvalue weighted by atomic mass is 16.4. The molecular weight excluding hydrogens is 348 g/mol. The zero-order chi connectivity index (χ0) is 20.5. The van der Waals surface area contributed by atoms with Crippen LogP contribution in [0.4, 0.5) is 0 Å². The Hall–Kier alpha value is -1.59. The zero-order valence-corrected chi connectivity index (χ0v) is 16.9. The van der Waals surface area contributed by atoms with Crippen LogP contribution in [0.2, 0.25) is 0 Å². The number of rotatable bonds is 19. The quantitative estimate of drug-likeness (QED) is 0.200. The summed E-state index contributed by atoms with van der Waals surface area (Å²) in [5.74, 6) is -4.52. The van der Waals surface area contributed by atoms with Gasteiger partial charge in [0.05, 0.1) is 6.42 Å². The Bertz CT molecular complexity index is 418. The van der Waals surface area contributed by atoms with E-state index < -0.39 is 29.7 Å². The third kappa shape index (κ3) is 11.7. The van der Waals surface area contributed by atoms with Crippen LogP contribution in [0.5, 0.6) is 0 Å². The van der Waals surface area contributed by atoms with Gasteiger partial charge in [0.25, 0.3) is 0 Å². The third-order valence-electron chi connectivity index (χ3n) is 5.23. The van der Waals surface area contributed by atoms with Crippen molar-refractivity contribution >= 4 is 17.9 Å². The van der Waals surface area contributed by atoms with E-state index >= 15 is 0 Å². The highest BCUT2D eigenvalue weighted by Gasteiger charge is 2.47. The van der Waals surface area contributed by atoms with Gasteiger partial charge in [-0.15, -0.1) is 0 Å². The summed E-state index contributed by atoms with van der Waals surface area (Å²) in [7, 11) is 0. The van der Waals surface area contributed by atoms with Crippen LogP contribution in [-0.2, 0) is 14.4 Å². The maximum absolute atomic E-state index is 11.3. The molecule has 0 unspecified atom stereocenters. The summed E-state index contributed by atoms with van der Waals surface area (Å²) in [5.41, 5.74) is -2.21. The molecule has 0 atom stereocenters. The molecule has 0 aliphatic carbocycles. The number of aliphatic carboxylic acids is 3. The fourth-order valence-electron chi connectivity index (χ4n) is 3.42. The molecular formula is C21H38O6. The van der Waals surface area contributed by atoms with E-state index in [0.29, 0.717) is 6.42 Å². The number of carbonyl (C=O) groups is 3. The van der Waals surface area contributed by atoms with Crippen molar-refractivity contribution in [2.24, 2.45) is 5.41 Å². The van der Waals surface area contributed by atoms with E-state index in [4.69, 9.17) is 5.11 Å². The Balaban J connectivity index is 3.75. The molecule has 0 saturated heterocycles. The van der Waals surface area contributed by atoms with Crippen molar-refractivity contribution < 1.29 is 29.7 Å². The molecule has 0 aromatic carbocycles. The summed E-state index contributed by atoms with van der Waals surface area (Å²) in [6.45, 7) is 2.23. The summed E-state index contributed by atoms with van der Waals surface area (Å²) in [5, 5.41) is 27.2. The summed E-state index contributed by atoms with van der Waals surface area (Å²) >= 11 is 0. The average Bonchev–Trinajstić information content (AvgIpc) is 2.60. The van der Waals surface area contributed by atoms with Crippen molar-refractivity contribution in [3.63, 3.8) is 0 Å². The van der Waals surface area contributed by atoms with Gasteiger partial charge in [0, 0.05) is 0 Å². The molecule has 0 rings (SSSR count). The van der Waals surface area contributed by atoms with Gasteiger partial charge in [-0.05, 0) is 6.42 Å². The minimum atomic E-state index is -2.21. The molecule has 0 amide bonds. The van der Waals surface area contributed by atoms with Crippen LogP contribution in [0.15, 0.2) is 0 Å². The van der Waals surface area contributed by atoms with E-state index in [1.807, 2.05) is 0 Å². The first-order chi connectivity index (χ1) is 12.9. The molecule has 27 heavy (non-hydrogen) atoms. The first kappa shape index (κ1) is 25.4. The molecule has 0 fully saturated rings. The van der Waals surface area contributed by atoms with Crippen molar-refractivity contribution in [2.75, 3.05) is 0 Å². The van der Waals surface area contributed by atoms with E-state index in [2.05, 4.69) is 6.92 Å². The maximum Gasteiger partial charge on any atom is 0.321 e. The van der Waals surface area contributed by atoms with Gasteiger partial charge >= 0.3 is 17.9 Å². The zero-order valence-electron chi connectivity index (χ0n) is 16.9. The lowest BCUT2D eigenvalue weighted by molar-refractivity contribution is -0.170. The number of unbranched alkanes of at least 4 members (excludes halogenated alkanes) is 13. The lowest BCUT2D eigenvalue weighted by atomic mass is 9.79. The molecule has 158 valence electrons. The highest BCUT2D eigenvalue weighted by Crippen LogP contribution is 2.30. The number of carboxylic acids is 3. The first-order valence-corrected chi connectivity index (χ1v) is 10.6. The standard InChI is InChI=1S/C21H38O6/c1-2-3-4-5-6-7-8-9-10-11-12-13-14-15-16-21(19(24)25,20(26)27)17-18(22)23/h2-17H2,1H3,(H,22,23)(H,24,25)(H,26,27). The normalized spacial score (nSPS) is 11.4. The van der Waals surface area contributed by atoms with Gasteiger partial charge in [-0.1, -0.05) is 96.8 Å². The predicted octanol–water partition coefficient (Wildman–Crippen LogP) is 5.49. The number of hydrogen-bond acceptors (Lipinski definition) is 3. The van der Waals surface area contributed by atoms with E-state index in [0.717, 1.165) is 25.7 Å². The molecule has 0 aromatic heterocycles. The van der Waals surface area contributed by atoms with Crippen molar-refractivity contribution in [3.05, 3.63) is 0 Å². The van der Waals surface area contributed by atoms with Crippen molar-refractivity contribution in [2.45, 2.75) is 110 Å². The Morgan fingerprint density at radius 2 is 0.926 bits per heavy atom. The van der Waals surface area contributed by atoms with Gasteiger partial charge in [0.2, 0.25) is 0 Å². The smallest absolute Gasteiger partial charge is 0.321 e. The van der Waals surface area contributed by atoms with E-state index in [1.54, 1.807) is 0 Å². The Kier molecular flexibility index (Phi) is 14.6. The van der Waals surface area contributed by atoms with Crippen molar-refractivity contribution in [3.8, 4) is 0 Å². The minimum Gasteiger partial charge on any atom is -0.481 e. The molecule has 6 heteroatoms. The van der Waals surface area contributed by atoms with Crippen molar-refractivity contribution in [1.29, 1.82) is 0 Å². The van der Waals surface area contributed by atoms with Crippen LogP contribution < -0.4 is 0 Å². The predicted molar refractivity (Wildman–Crippen MR) is 105 cm³/mol. The van der Waals surface area contributed by atoms with Crippen LogP contribution in [0, 0.1) is 5.41 Å². The number of carboxylic acid groups (broad SMARTS) is 3. The van der Waals surface area contributed by atoms with E-state index in [1.165, 1.54) is 57.8 Å². The van der Waals surface area contributed by atoms with Gasteiger partial charge < -0.3 is 15.3 Å². The van der Waals surface area contributed by atoms with Gasteiger partial charge in [-0.3, -0.25) is 14.4 Å². The molecule has 3 N–H and O–H groups in total. The fraction of sp³-hybridized carbons (Fsp3) is 0.857. The van der Waals surface area contributed by atoms with Gasteiger partial charge in [0.15, 0.2) is 5.41 Å².